The zero-order valence-electron chi connectivity index (χ0n) is 16.0. The van der Waals surface area contributed by atoms with Crippen LogP contribution in [0.2, 0.25) is 0 Å². The van der Waals surface area contributed by atoms with E-state index in [1.165, 1.54) is 11.3 Å². The fraction of sp³-hybridized carbons (Fsp3) is 0.250. The average molecular weight is 496 g/mol. The first-order chi connectivity index (χ1) is 13.5. The maximum absolute atomic E-state index is 13.3. The first-order valence-corrected chi connectivity index (χ1v) is 10.5. The van der Waals surface area contributed by atoms with Gasteiger partial charge in [0, 0.05) is 30.0 Å². The van der Waals surface area contributed by atoms with Crippen molar-refractivity contribution in [2.45, 2.75) is 26.8 Å². The van der Waals surface area contributed by atoms with Gasteiger partial charge in [0.1, 0.15) is 11.5 Å². The van der Waals surface area contributed by atoms with Crippen molar-refractivity contribution >= 4 is 60.9 Å². The number of fused-ring (bicyclic) bond motifs is 1. The van der Waals surface area contributed by atoms with E-state index >= 15 is 0 Å². The molecule has 0 saturated heterocycles. The normalized spacial score (nSPS) is 10.9. The second kappa shape index (κ2) is 9.11. The molecule has 9 heteroatoms. The summed E-state index contributed by atoms with van der Waals surface area (Å²) in [5, 5.41) is 0.696. The van der Waals surface area contributed by atoms with Crippen molar-refractivity contribution in [3.05, 3.63) is 64.5 Å². The molecular weight excluding hydrogens is 476 g/mol. The van der Waals surface area contributed by atoms with Crippen molar-refractivity contribution in [1.82, 2.24) is 14.5 Å². The number of carbonyl (C=O) groups is 1. The van der Waals surface area contributed by atoms with Crippen LogP contribution in [-0.4, -0.2) is 27.0 Å². The minimum Gasteiger partial charge on any atom is -0.466 e. The summed E-state index contributed by atoms with van der Waals surface area (Å²) in [5.41, 5.74) is 1.47. The van der Waals surface area contributed by atoms with Crippen LogP contribution in [0.4, 0.5) is 5.13 Å². The fourth-order valence-electron chi connectivity index (χ4n) is 3.10. The summed E-state index contributed by atoms with van der Waals surface area (Å²) in [5.74, 6) is 1.27. The number of halogens is 2. The van der Waals surface area contributed by atoms with Crippen LogP contribution in [0, 0.1) is 13.8 Å². The fourth-order valence-corrected chi connectivity index (χ4v) is 4.65. The summed E-state index contributed by atoms with van der Waals surface area (Å²) in [6.45, 7) is 5.01. The van der Waals surface area contributed by atoms with Crippen molar-refractivity contribution in [2.24, 2.45) is 0 Å². The summed E-state index contributed by atoms with van der Waals surface area (Å²) >= 11 is 5.02. The van der Waals surface area contributed by atoms with Crippen LogP contribution in [0.3, 0.4) is 0 Å². The van der Waals surface area contributed by atoms with E-state index in [0.29, 0.717) is 23.0 Å². The van der Waals surface area contributed by atoms with Crippen molar-refractivity contribution in [3.8, 4) is 0 Å². The van der Waals surface area contributed by atoms with Gasteiger partial charge in [-0.2, -0.15) is 0 Å². The Morgan fingerprint density at radius 1 is 1.31 bits per heavy atom. The van der Waals surface area contributed by atoms with Gasteiger partial charge in [0.15, 0.2) is 5.13 Å². The summed E-state index contributed by atoms with van der Waals surface area (Å²) in [4.78, 5) is 23.8. The quantitative estimate of drug-likeness (QED) is 0.348. The monoisotopic (exact) mass is 494 g/mol. The predicted octanol–water partition coefficient (Wildman–Crippen LogP) is 5.62. The topological polar surface area (TPSA) is 64.2 Å². The van der Waals surface area contributed by atoms with Gasteiger partial charge in [-0.25, -0.2) is 9.97 Å². The smallest absolute Gasteiger partial charge is 0.263 e. The Kier molecular flexibility index (Phi) is 6.77. The van der Waals surface area contributed by atoms with E-state index in [1.54, 1.807) is 23.5 Å². The number of rotatable bonds is 6. The minimum absolute atomic E-state index is 0. The predicted molar refractivity (Wildman–Crippen MR) is 121 cm³/mol. The molecule has 6 nitrogen and oxygen atoms in total. The molecule has 29 heavy (non-hydrogen) atoms. The van der Waals surface area contributed by atoms with Crippen LogP contribution >= 0.6 is 39.7 Å². The highest BCUT2D eigenvalue weighted by molar-refractivity contribution is 9.10. The highest BCUT2D eigenvalue weighted by atomic mass is 79.9. The van der Waals surface area contributed by atoms with Gasteiger partial charge < -0.3 is 8.98 Å². The Morgan fingerprint density at radius 2 is 2.14 bits per heavy atom. The molecule has 0 aliphatic rings. The molecule has 1 aromatic carbocycles. The largest absolute Gasteiger partial charge is 0.466 e. The average Bonchev–Trinajstić information content (AvgIpc) is 3.38. The Balaban J connectivity index is 0.00000240. The molecule has 0 atom stereocenters. The van der Waals surface area contributed by atoms with Crippen LogP contribution in [0.1, 0.15) is 28.3 Å². The molecule has 152 valence electrons. The first kappa shape index (κ1) is 21.5. The van der Waals surface area contributed by atoms with Crippen LogP contribution in [0.5, 0.6) is 0 Å². The first-order valence-electron chi connectivity index (χ1n) is 8.92. The van der Waals surface area contributed by atoms with E-state index < -0.39 is 0 Å². The number of imidazole rings is 1. The van der Waals surface area contributed by atoms with Gasteiger partial charge >= 0.3 is 0 Å². The SMILES string of the molecule is Cc1cc(C(=O)N(CCCn2ccnc2)c2nc3ccc(Br)cc3s2)c(C)o1.Cl. The molecule has 3 heterocycles. The molecular formula is C20H20BrClN4O2S. The van der Waals surface area contributed by atoms with Gasteiger partial charge in [0.2, 0.25) is 0 Å². The number of anilines is 1. The number of hydrogen-bond acceptors (Lipinski definition) is 5. The Hall–Kier alpha value is -2.16. The second-order valence-corrected chi connectivity index (χ2v) is 8.47. The summed E-state index contributed by atoms with van der Waals surface area (Å²) < 4.78 is 9.62. The third kappa shape index (κ3) is 4.71. The number of amides is 1. The van der Waals surface area contributed by atoms with E-state index in [-0.39, 0.29) is 18.3 Å². The molecule has 3 aromatic heterocycles. The lowest BCUT2D eigenvalue weighted by Crippen LogP contribution is -2.32. The lowest BCUT2D eigenvalue weighted by molar-refractivity contribution is 0.0985. The number of aromatic nitrogens is 3. The summed E-state index contributed by atoms with van der Waals surface area (Å²) in [6.07, 6.45) is 6.25. The van der Waals surface area contributed by atoms with E-state index in [4.69, 9.17) is 9.40 Å². The number of thiazole rings is 1. The molecule has 0 bridgehead atoms. The molecule has 0 aliphatic heterocycles. The molecule has 0 unspecified atom stereocenters. The molecule has 0 fully saturated rings. The molecule has 0 spiro atoms. The van der Waals surface area contributed by atoms with Crippen LogP contribution in [0.25, 0.3) is 10.2 Å². The molecule has 0 radical (unpaired) electrons. The lowest BCUT2D eigenvalue weighted by Gasteiger charge is -2.19. The Bertz CT molecular complexity index is 1120. The molecule has 1 amide bonds. The maximum atomic E-state index is 13.3. The number of carbonyl (C=O) groups excluding carboxylic acids is 1. The van der Waals surface area contributed by atoms with E-state index in [0.717, 1.165) is 33.4 Å². The molecule has 4 aromatic rings. The van der Waals surface area contributed by atoms with E-state index in [1.807, 2.05) is 42.8 Å². The highest BCUT2D eigenvalue weighted by Gasteiger charge is 2.24. The van der Waals surface area contributed by atoms with Crippen molar-refractivity contribution in [2.75, 3.05) is 11.4 Å². The van der Waals surface area contributed by atoms with E-state index in [9.17, 15) is 4.79 Å². The second-order valence-electron chi connectivity index (χ2n) is 6.55. The number of furan rings is 1. The number of nitrogens with zero attached hydrogens (tertiary/aromatic N) is 4. The van der Waals surface area contributed by atoms with Crippen LogP contribution < -0.4 is 4.90 Å². The molecule has 0 aliphatic carbocycles. The maximum Gasteiger partial charge on any atom is 0.263 e. The zero-order valence-corrected chi connectivity index (χ0v) is 19.2. The van der Waals surface area contributed by atoms with Gasteiger partial charge in [0.25, 0.3) is 5.91 Å². The summed E-state index contributed by atoms with van der Waals surface area (Å²) in [6, 6.07) is 7.74. The minimum atomic E-state index is -0.0851. The van der Waals surface area contributed by atoms with Gasteiger partial charge in [-0.15, -0.1) is 12.4 Å². The highest BCUT2D eigenvalue weighted by Crippen LogP contribution is 2.32. The van der Waals surface area contributed by atoms with Crippen molar-refractivity contribution in [1.29, 1.82) is 0 Å². The molecule has 0 saturated carbocycles. The van der Waals surface area contributed by atoms with Gasteiger partial charge in [0.05, 0.1) is 22.1 Å². The molecule has 0 N–H and O–H groups in total. The van der Waals surface area contributed by atoms with Crippen molar-refractivity contribution < 1.29 is 9.21 Å². The molecule has 4 rings (SSSR count). The third-order valence-electron chi connectivity index (χ3n) is 4.44. The third-order valence-corrected chi connectivity index (χ3v) is 5.98. The van der Waals surface area contributed by atoms with Gasteiger partial charge in [-0.3, -0.25) is 9.69 Å². The zero-order chi connectivity index (χ0) is 19.7. The Labute approximate surface area is 187 Å². The van der Waals surface area contributed by atoms with Gasteiger partial charge in [-0.1, -0.05) is 27.3 Å². The van der Waals surface area contributed by atoms with Gasteiger partial charge in [-0.05, 0) is 44.5 Å². The number of aryl methyl sites for hydroxylation is 3. The van der Waals surface area contributed by atoms with Crippen LogP contribution in [0.15, 0.2) is 51.9 Å². The van der Waals surface area contributed by atoms with Crippen molar-refractivity contribution in [3.63, 3.8) is 0 Å². The number of benzene rings is 1. The summed E-state index contributed by atoms with van der Waals surface area (Å²) in [7, 11) is 0. The van der Waals surface area contributed by atoms with E-state index in [2.05, 4.69) is 20.9 Å². The lowest BCUT2D eigenvalue weighted by atomic mass is 10.2. The number of hydrogen-bond donors (Lipinski definition) is 0. The Morgan fingerprint density at radius 3 is 2.83 bits per heavy atom. The standard InChI is InChI=1S/C20H19BrN4O2S.ClH/c1-13-10-16(14(2)27-13)19(26)25(8-3-7-24-9-6-22-12-24)20-23-17-5-4-15(21)11-18(17)28-20;/h4-6,9-12H,3,7-8H2,1-2H3;1H. The van der Waals surface area contributed by atoms with Crippen LogP contribution in [-0.2, 0) is 6.54 Å².